The summed E-state index contributed by atoms with van der Waals surface area (Å²) in [5.74, 6) is 0. The maximum Gasteiger partial charge on any atom is 0.102 e. The molecule has 0 saturated heterocycles. The Balaban J connectivity index is 2.70. The molecule has 1 aromatic rings. The van der Waals surface area contributed by atoms with Gasteiger partial charge in [-0.05, 0) is 35.4 Å². The third kappa shape index (κ3) is 6.05. The van der Waals surface area contributed by atoms with Gasteiger partial charge < -0.3 is 13.7 Å². The third-order valence-corrected chi connectivity index (χ3v) is 8.69. The van der Waals surface area contributed by atoms with Gasteiger partial charge in [-0.1, -0.05) is 20.8 Å². The molecule has 1 rings (SSSR count). The molecule has 0 atom stereocenters. The SMILES string of the molecule is COCCOCCn1nc(C)c(Br)c1COS(C)(C)C(C)(C)C. The number of ether oxygens (including phenoxy) is 2. The summed E-state index contributed by atoms with van der Waals surface area (Å²) >= 11 is 3.64. The monoisotopic (exact) mass is 410 g/mol. The minimum atomic E-state index is -1.16. The fraction of sp³-hybridized carbons (Fsp3) is 0.812. The van der Waals surface area contributed by atoms with Gasteiger partial charge in [-0.15, -0.1) is 10.3 Å². The number of rotatable bonds is 9. The van der Waals surface area contributed by atoms with Gasteiger partial charge in [-0.3, -0.25) is 4.68 Å². The first-order valence-corrected chi connectivity index (χ1v) is 10.9. The molecule has 0 aliphatic carbocycles. The van der Waals surface area contributed by atoms with Crippen molar-refractivity contribution in [1.82, 2.24) is 9.78 Å². The van der Waals surface area contributed by atoms with Gasteiger partial charge in [0.05, 0.1) is 42.2 Å². The molecule has 0 spiro atoms. The highest BCUT2D eigenvalue weighted by molar-refractivity contribution is 9.10. The fourth-order valence-corrected chi connectivity index (χ4v) is 2.86. The Labute approximate surface area is 150 Å². The second-order valence-electron chi connectivity index (χ2n) is 6.78. The van der Waals surface area contributed by atoms with Gasteiger partial charge in [0.25, 0.3) is 0 Å². The van der Waals surface area contributed by atoms with Gasteiger partial charge in [0.15, 0.2) is 0 Å². The highest BCUT2D eigenvalue weighted by Crippen LogP contribution is 2.54. The summed E-state index contributed by atoms with van der Waals surface area (Å²) in [5.41, 5.74) is 2.05. The van der Waals surface area contributed by atoms with E-state index in [1.807, 2.05) is 11.6 Å². The Morgan fingerprint density at radius 3 is 2.39 bits per heavy atom. The third-order valence-electron chi connectivity index (χ3n) is 4.00. The van der Waals surface area contributed by atoms with E-state index < -0.39 is 10.3 Å². The molecule has 5 nitrogen and oxygen atoms in total. The first-order valence-electron chi connectivity index (χ1n) is 7.76. The van der Waals surface area contributed by atoms with Crippen LogP contribution in [0.2, 0.25) is 0 Å². The first-order chi connectivity index (χ1) is 10.6. The minimum absolute atomic E-state index is 0.142. The molecule has 0 radical (unpaired) electrons. The second kappa shape index (κ2) is 8.85. The Morgan fingerprint density at radius 2 is 1.83 bits per heavy atom. The van der Waals surface area contributed by atoms with E-state index >= 15 is 0 Å². The molecule has 0 bridgehead atoms. The van der Waals surface area contributed by atoms with E-state index in [1.165, 1.54) is 0 Å². The lowest BCUT2D eigenvalue weighted by Crippen LogP contribution is -2.25. The molecule has 0 aromatic carbocycles. The molecule has 0 aliphatic rings. The van der Waals surface area contributed by atoms with E-state index in [-0.39, 0.29) is 4.75 Å². The molecular formula is C16H31BrN2O3S. The largest absolute Gasteiger partial charge is 0.382 e. The van der Waals surface area contributed by atoms with Gasteiger partial charge in [-0.25, -0.2) is 0 Å². The number of halogens is 1. The van der Waals surface area contributed by atoms with E-state index in [0.29, 0.717) is 33.0 Å². The van der Waals surface area contributed by atoms with Crippen molar-refractivity contribution >= 4 is 26.2 Å². The van der Waals surface area contributed by atoms with Crippen molar-refractivity contribution in [2.45, 2.75) is 45.6 Å². The van der Waals surface area contributed by atoms with E-state index in [4.69, 9.17) is 13.7 Å². The maximum atomic E-state index is 6.29. The lowest BCUT2D eigenvalue weighted by atomic mass is 10.3. The predicted octanol–water partition coefficient (Wildman–Crippen LogP) is 3.91. The van der Waals surface area contributed by atoms with Crippen LogP contribution in [0, 0.1) is 6.92 Å². The van der Waals surface area contributed by atoms with E-state index in [2.05, 4.69) is 54.3 Å². The Kier molecular flexibility index (Phi) is 8.07. The van der Waals surface area contributed by atoms with E-state index in [9.17, 15) is 0 Å². The van der Waals surface area contributed by atoms with Gasteiger partial charge in [-0.2, -0.15) is 5.10 Å². The molecule has 0 amide bonds. The topological polar surface area (TPSA) is 45.5 Å². The first kappa shape index (κ1) is 21.0. The van der Waals surface area contributed by atoms with Crippen LogP contribution >= 0.6 is 26.2 Å². The average Bonchev–Trinajstić information content (AvgIpc) is 2.70. The summed E-state index contributed by atoms with van der Waals surface area (Å²) in [6.45, 7) is 11.8. The van der Waals surface area contributed by atoms with Crippen LogP contribution < -0.4 is 0 Å². The van der Waals surface area contributed by atoms with Crippen molar-refractivity contribution in [2.75, 3.05) is 39.4 Å². The predicted molar refractivity (Wildman–Crippen MR) is 101 cm³/mol. The summed E-state index contributed by atoms with van der Waals surface area (Å²) < 4.78 is 20.0. The summed E-state index contributed by atoms with van der Waals surface area (Å²) in [6.07, 6.45) is 4.42. The number of hydrogen-bond donors (Lipinski definition) is 0. The van der Waals surface area contributed by atoms with E-state index in [0.717, 1.165) is 15.9 Å². The lowest BCUT2D eigenvalue weighted by molar-refractivity contribution is 0.0647. The number of aryl methyl sites for hydroxylation is 1. The van der Waals surface area contributed by atoms with Crippen LogP contribution in [0.15, 0.2) is 4.47 Å². The van der Waals surface area contributed by atoms with Crippen LogP contribution in [0.25, 0.3) is 0 Å². The quantitative estimate of drug-likeness (QED) is 0.578. The zero-order valence-electron chi connectivity index (χ0n) is 15.4. The molecule has 0 N–H and O–H groups in total. The molecule has 136 valence electrons. The number of aromatic nitrogens is 2. The van der Waals surface area contributed by atoms with Crippen molar-refractivity contribution in [3.8, 4) is 0 Å². The van der Waals surface area contributed by atoms with Crippen LogP contribution in [0.4, 0.5) is 0 Å². The second-order valence-corrected chi connectivity index (χ2v) is 11.5. The molecular weight excluding hydrogens is 380 g/mol. The van der Waals surface area contributed by atoms with Crippen LogP contribution in [-0.2, 0) is 26.8 Å². The van der Waals surface area contributed by atoms with Crippen LogP contribution in [-0.4, -0.2) is 54.0 Å². The number of nitrogens with zero attached hydrogens (tertiary/aromatic N) is 2. The molecule has 0 fully saturated rings. The molecule has 0 aliphatic heterocycles. The van der Waals surface area contributed by atoms with Gasteiger partial charge in [0, 0.05) is 11.9 Å². The van der Waals surface area contributed by atoms with Crippen molar-refractivity contribution in [3.05, 3.63) is 15.9 Å². The average molecular weight is 411 g/mol. The van der Waals surface area contributed by atoms with Crippen LogP contribution in [0.1, 0.15) is 32.2 Å². The van der Waals surface area contributed by atoms with Crippen molar-refractivity contribution in [1.29, 1.82) is 0 Å². The van der Waals surface area contributed by atoms with E-state index in [1.54, 1.807) is 7.11 Å². The standard InChI is InChI=1S/C16H31BrN2O3S/c1-13-15(17)14(12-22-23(6,7)16(2,3)4)19(18-13)8-9-21-11-10-20-5/h8-12H2,1-7H3. The maximum absolute atomic E-state index is 6.29. The van der Waals surface area contributed by atoms with Crippen molar-refractivity contribution < 1.29 is 13.7 Å². The van der Waals surface area contributed by atoms with Gasteiger partial charge in [0.2, 0.25) is 0 Å². The zero-order valence-corrected chi connectivity index (χ0v) is 17.8. The fourth-order valence-electron chi connectivity index (χ4n) is 1.71. The molecule has 1 heterocycles. The highest BCUT2D eigenvalue weighted by Gasteiger charge is 2.29. The smallest absolute Gasteiger partial charge is 0.102 e. The van der Waals surface area contributed by atoms with Crippen LogP contribution in [0.5, 0.6) is 0 Å². The number of methoxy groups -OCH3 is 1. The van der Waals surface area contributed by atoms with Crippen LogP contribution in [0.3, 0.4) is 0 Å². The Hall–Kier alpha value is -0.0800. The summed E-state index contributed by atoms with van der Waals surface area (Å²) in [4.78, 5) is 0. The lowest BCUT2D eigenvalue weighted by Gasteiger charge is -2.43. The molecule has 1 aromatic heterocycles. The van der Waals surface area contributed by atoms with Gasteiger partial charge in [0.1, 0.15) is 6.61 Å². The number of hydrogen-bond acceptors (Lipinski definition) is 4. The highest BCUT2D eigenvalue weighted by atomic mass is 79.9. The summed E-state index contributed by atoms with van der Waals surface area (Å²) in [7, 11) is 0.510. The summed E-state index contributed by atoms with van der Waals surface area (Å²) in [5, 5.41) is 4.58. The molecule has 0 saturated carbocycles. The molecule has 23 heavy (non-hydrogen) atoms. The zero-order chi connectivity index (χ0) is 17.7. The normalized spacial score (nSPS) is 13.6. The Morgan fingerprint density at radius 1 is 1.17 bits per heavy atom. The Bertz CT molecular complexity index is 498. The minimum Gasteiger partial charge on any atom is -0.382 e. The van der Waals surface area contributed by atoms with Gasteiger partial charge >= 0.3 is 0 Å². The summed E-state index contributed by atoms with van der Waals surface area (Å²) in [6, 6.07) is 0. The molecule has 7 heteroatoms. The van der Waals surface area contributed by atoms with Crippen molar-refractivity contribution in [3.63, 3.8) is 0 Å². The van der Waals surface area contributed by atoms with Crippen molar-refractivity contribution in [2.24, 2.45) is 0 Å². The molecule has 0 unspecified atom stereocenters.